The molecular formula is C26H26N4O8. The van der Waals surface area contributed by atoms with Gasteiger partial charge in [0, 0.05) is 17.3 Å². The van der Waals surface area contributed by atoms with E-state index in [2.05, 4.69) is 21.2 Å². The minimum absolute atomic E-state index is 0.0577. The molecule has 0 saturated heterocycles. The van der Waals surface area contributed by atoms with E-state index in [1.54, 1.807) is 25.1 Å². The number of amides is 3. The molecule has 0 saturated carbocycles. The van der Waals surface area contributed by atoms with Crippen LogP contribution in [0.4, 0.5) is 5.69 Å². The number of hydrogen-bond acceptors (Lipinski definition) is 9. The molecule has 3 amide bonds. The first-order valence-electron chi connectivity index (χ1n) is 11.3. The van der Waals surface area contributed by atoms with E-state index < -0.39 is 23.7 Å². The van der Waals surface area contributed by atoms with Gasteiger partial charge >= 0.3 is 17.8 Å². The van der Waals surface area contributed by atoms with Crippen molar-refractivity contribution in [2.24, 2.45) is 5.10 Å². The van der Waals surface area contributed by atoms with Crippen molar-refractivity contribution in [1.82, 2.24) is 10.7 Å². The summed E-state index contributed by atoms with van der Waals surface area (Å²) in [6.07, 6.45) is 1.29. The van der Waals surface area contributed by atoms with Crippen LogP contribution < -0.4 is 25.5 Å². The van der Waals surface area contributed by atoms with Gasteiger partial charge in [-0.05, 0) is 55.5 Å². The van der Waals surface area contributed by atoms with Crippen LogP contribution >= 0.6 is 0 Å². The highest BCUT2D eigenvalue weighted by molar-refractivity contribution is 6.39. The van der Waals surface area contributed by atoms with Gasteiger partial charge in [0.25, 0.3) is 5.91 Å². The second-order valence-electron chi connectivity index (χ2n) is 7.54. The Hall–Kier alpha value is -5.13. The first kappa shape index (κ1) is 27.5. The minimum atomic E-state index is -0.890. The van der Waals surface area contributed by atoms with Gasteiger partial charge in [0.15, 0.2) is 0 Å². The highest BCUT2D eigenvalue weighted by Crippen LogP contribution is 2.22. The molecule has 38 heavy (non-hydrogen) atoms. The summed E-state index contributed by atoms with van der Waals surface area (Å²) in [4.78, 5) is 48.3. The molecule has 0 aliphatic rings. The summed E-state index contributed by atoms with van der Waals surface area (Å²) in [5.74, 6) is -1.16. The predicted molar refractivity (Wildman–Crippen MR) is 136 cm³/mol. The summed E-state index contributed by atoms with van der Waals surface area (Å²) in [7, 11) is 2.95. The number of rotatable bonds is 10. The molecule has 0 spiro atoms. The second-order valence-corrected chi connectivity index (χ2v) is 7.54. The molecule has 0 fully saturated rings. The first-order valence-corrected chi connectivity index (χ1v) is 11.3. The average molecular weight is 523 g/mol. The van der Waals surface area contributed by atoms with Gasteiger partial charge in [-0.1, -0.05) is 0 Å². The van der Waals surface area contributed by atoms with Crippen LogP contribution in [-0.4, -0.2) is 50.7 Å². The molecular weight excluding hydrogens is 496 g/mol. The zero-order valence-corrected chi connectivity index (χ0v) is 20.9. The summed E-state index contributed by atoms with van der Waals surface area (Å²) in [5.41, 5.74) is 3.32. The van der Waals surface area contributed by atoms with Crippen LogP contribution in [0.2, 0.25) is 0 Å². The maximum Gasteiger partial charge on any atom is 0.338 e. The van der Waals surface area contributed by atoms with Crippen LogP contribution in [0.15, 0.2) is 64.1 Å². The standard InChI is InChI=1S/C26H26N4O8/c1-4-37-26(34)16-5-7-18(8-6-16)29-25(33)24(32)27-14-19-9-10-20(38-19)15-28-30-23(31)17-11-21(35-2)13-22(12-17)36-3/h5-13,15H,4,14H2,1-3H3,(H,27,32)(H,29,33)(H,30,31)/b28-15-. The van der Waals surface area contributed by atoms with E-state index in [1.807, 2.05) is 0 Å². The Morgan fingerprint density at radius 2 is 1.58 bits per heavy atom. The number of anilines is 1. The predicted octanol–water partition coefficient (Wildman–Crippen LogP) is 2.49. The molecule has 0 radical (unpaired) electrons. The van der Waals surface area contributed by atoms with Crippen molar-refractivity contribution in [2.75, 3.05) is 26.1 Å². The third-order valence-electron chi connectivity index (χ3n) is 4.94. The summed E-state index contributed by atoms with van der Waals surface area (Å²) >= 11 is 0. The van der Waals surface area contributed by atoms with E-state index in [0.717, 1.165) is 0 Å². The van der Waals surface area contributed by atoms with Crippen molar-refractivity contribution in [3.63, 3.8) is 0 Å². The molecule has 0 atom stereocenters. The monoisotopic (exact) mass is 522 g/mol. The number of nitrogens with zero attached hydrogens (tertiary/aromatic N) is 1. The Balaban J connectivity index is 1.47. The van der Waals surface area contributed by atoms with Crippen molar-refractivity contribution in [3.8, 4) is 11.5 Å². The Morgan fingerprint density at radius 3 is 2.21 bits per heavy atom. The number of carbonyl (C=O) groups excluding carboxylic acids is 4. The van der Waals surface area contributed by atoms with Crippen LogP contribution in [0.5, 0.6) is 11.5 Å². The highest BCUT2D eigenvalue weighted by Gasteiger charge is 2.15. The number of nitrogens with one attached hydrogen (secondary N) is 3. The Kier molecular flexibility index (Phi) is 9.58. The van der Waals surface area contributed by atoms with Crippen molar-refractivity contribution >= 4 is 35.6 Å². The van der Waals surface area contributed by atoms with Gasteiger partial charge in [-0.25, -0.2) is 10.2 Å². The van der Waals surface area contributed by atoms with E-state index in [9.17, 15) is 19.2 Å². The van der Waals surface area contributed by atoms with Crippen molar-refractivity contribution in [2.45, 2.75) is 13.5 Å². The lowest BCUT2D eigenvalue weighted by Gasteiger charge is -2.07. The molecule has 3 N–H and O–H groups in total. The lowest BCUT2D eigenvalue weighted by atomic mass is 10.2. The number of furan rings is 1. The lowest BCUT2D eigenvalue weighted by molar-refractivity contribution is -0.136. The van der Waals surface area contributed by atoms with Gasteiger partial charge in [-0.15, -0.1) is 0 Å². The average Bonchev–Trinajstić information content (AvgIpc) is 3.39. The van der Waals surface area contributed by atoms with E-state index in [-0.39, 0.29) is 18.7 Å². The smallest absolute Gasteiger partial charge is 0.338 e. The molecule has 0 aliphatic heterocycles. The van der Waals surface area contributed by atoms with Gasteiger partial charge < -0.3 is 29.3 Å². The summed E-state index contributed by atoms with van der Waals surface area (Å²) in [6, 6.07) is 13.8. The SMILES string of the molecule is CCOC(=O)c1ccc(NC(=O)C(=O)NCc2ccc(/C=N\NC(=O)c3cc(OC)cc(OC)c3)o2)cc1. The third kappa shape index (κ3) is 7.68. The van der Waals surface area contributed by atoms with E-state index in [1.165, 1.54) is 56.8 Å². The topological polar surface area (TPSA) is 158 Å². The van der Waals surface area contributed by atoms with Gasteiger partial charge in [-0.2, -0.15) is 5.10 Å². The quantitative estimate of drug-likeness (QED) is 0.159. The number of ether oxygens (including phenoxy) is 3. The van der Waals surface area contributed by atoms with Crippen LogP contribution in [0.25, 0.3) is 0 Å². The van der Waals surface area contributed by atoms with E-state index >= 15 is 0 Å². The largest absolute Gasteiger partial charge is 0.497 e. The van der Waals surface area contributed by atoms with Crippen molar-refractivity contribution in [1.29, 1.82) is 0 Å². The third-order valence-corrected chi connectivity index (χ3v) is 4.94. The molecule has 198 valence electrons. The Morgan fingerprint density at radius 1 is 0.895 bits per heavy atom. The second kappa shape index (κ2) is 13.3. The Labute approximate surface area is 217 Å². The van der Waals surface area contributed by atoms with E-state index in [0.29, 0.717) is 34.3 Å². The molecule has 3 rings (SSSR count). The zero-order chi connectivity index (χ0) is 27.5. The lowest BCUT2D eigenvalue weighted by Crippen LogP contribution is -2.34. The van der Waals surface area contributed by atoms with Gasteiger partial charge in [-0.3, -0.25) is 14.4 Å². The number of methoxy groups -OCH3 is 2. The van der Waals surface area contributed by atoms with E-state index in [4.69, 9.17) is 18.6 Å². The fourth-order valence-electron chi connectivity index (χ4n) is 3.06. The molecule has 0 unspecified atom stereocenters. The first-order chi connectivity index (χ1) is 18.3. The van der Waals surface area contributed by atoms with Crippen LogP contribution in [0, 0.1) is 0 Å². The Bertz CT molecular complexity index is 1310. The fraction of sp³-hybridized carbons (Fsp3) is 0.192. The zero-order valence-electron chi connectivity index (χ0n) is 20.9. The molecule has 12 nitrogen and oxygen atoms in total. The molecule has 0 bridgehead atoms. The molecule has 12 heteroatoms. The van der Waals surface area contributed by atoms with Gasteiger partial charge in [0.05, 0.1) is 39.1 Å². The number of carbonyl (C=O) groups is 4. The number of benzene rings is 2. The summed E-state index contributed by atoms with van der Waals surface area (Å²) < 4.78 is 20.7. The summed E-state index contributed by atoms with van der Waals surface area (Å²) in [5, 5.41) is 8.74. The fourth-order valence-corrected chi connectivity index (χ4v) is 3.06. The van der Waals surface area contributed by atoms with Crippen molar-refractivity contribution < 1.29 is 37.8 Å². The highest BCUT2D eigenvalue weighted by atomic mass is 16.5. The normalized spacial score (nSPS) is 10.5. The molecule has 0 aliphatic carbocycles. The molecule has 3 aromatic rings. The number of esters is 1. The van der Waals surface area contributed by atoms with Crippen LogP contribution in [0.3, 0.4) is 0 Å². The molecule has 1 heterocycles. The van der Waals surface area contributed by atoms with Gasteiger partial charge in [0.1, 0.15) is 23.0 Å². The molecule has 2 aromatic carbocycles. The minimum Gasteiger partial charge on any atom is -0.497 e. The maximum atomic E-state index is 12.3. The maximum absolute atomic E-state index is 12.3. The van der Waals surface area contributed by atoms with Crippen LogP contribution in [-0.2, 0) is 20.9 Å². The number of hydrazone groups is 1. The number of hydrogen-bond donors (Lipinski definition) is 3. The van der Waals surface area contributed by atoms with Crippen molar-refractivity contribution in [3.05, 3.63) is 77.2 Å². The summed E-state index contributed by atoms with van der Waals surface area (Å²) in [6.45, 7) is 1.89. The van der Waals surface area contributed by atoms with Crippen LogP contribution in [0.1, 0.15) is 39.2 Å². The van der Waals surface area contributed by atoms with Gasteiger partial charge in [0.2, 0.25) is 0 Å². The molecule has 1 aromatic heterocycles.